The van der Waals surface area contributed by atoms with E-state index in [1.54, 1.807) is 11.8 Å². The summed E-state index contributed by atoms with van der Waals surface area (Å²) in [7, 11) is -3.13. The Kier molecular flexibility index (Phi) is 6.86. The molecule has 0 saturated heterocycles. The zero-order valence-electron chi connectivity index (χ0n) is 15.2. The van der Waals surface area contributed by atoms with E-state index in [-0.39, 0.29) is 18.1 Å². The second-order valence-corrected chi connectivity index (χ2v) is 9.78. The Morgan fingerprint density at radius 2 is 1.81 bits per heavy atom. The average molecular weight is 393 g/mol. The minimum atomic E-state index is -3.13. The summed E-state index contributed by atoms with van der Waals surface area (Å²) >= 11 is 1.66. The Morgan fingerprint density at radius 1 is 1.15 bits per heavy atom. The molecule has 0 radical (unpaired) electrons. The third-order valence-corrected chi connectivity index (χ3v) is 5.98. The summed E-state index contributed by atoms with van der Waals surface area (Å²) in [5.41, 5.74) is 8.85. The predicted octanol–water partition coefficient (Wildman–Crippen LogP) is 3.16. The zero-order chi connectivity index (χ0) is 19.3. The first-order chi connectivity index (χ1) is 12.1. The lowest BCUT2D eigenvalue weighted by Gasteiger charge is -2.12. The van der Waals surface area contributed by atoms with Crippen LogP contribution in [0.25, 0.3) is 0 Å². The molecule has 2 rings (SSSR count). The van der Waals surface area contributed by atoms with E-state index in [9.17, 15) is 13.2 Å². The molecule has 0 aliphatic carbocycles. The molecule has 3 N–H and O–H groups in total. The van der Waals surface area contributed by atoms with Crippen molar-refractivity contribution in [2.45, 2.75) is 36.1 Å². The Labute approximate surface area is 159 Å². The Hall–Kier alpha value is -1.83. The number of rotatable bonds is 7. The summed E-state index contributed by atoms with van der Waals surface area (Å²) < 4.78 is 22.3. The van der Waals surface area contributed by atoms with Crippen molar-refractivity contribution < 1.29 is 13.2 Å². The van der Waals surface area contributed by atoms with E-state index in [0.29, 0.717) is 5.69 Å². The molecule has 0 aliphatic heterocycles. The van der Waals surface area contributed by atoms with Crippen LogP contribution in [-0.2, 0) is 14.6 Å². The number of amides is 1. The van der Waals surface area contributed by atoms with Crippen LogP contribution in [-0.4, -0.2) is 32.4 Å². The molecule has 7 heteroatoms. The second kappa shape index (κ2) is 8.70. The van der Waals surface area contributed by atoms with Gasteiger partial charge in [-0.3, -0.25) is 4.79 Å². The molecule has 0 saturated carbocycles. The van der Waals surface area contributed by atoms with E-state index in [1.165, 1.54) is 16.0 Å². The fraction of sp³-hybridized carbons (Fsp3) is 0.316. The number of carbonyl (C=O) groups excluding carboxylic acids is 1. The van der Waals surface area contributed by atoms with Gasteiger partial charge in [-0.15, -0.1) is 0 Å². The first kappa shape index (κ1) is 20.5. The number of benzene rings is 2. The first-order valence-corrected chi connectivity index (χ1v) is 11.1. The largest absolute Gasteiger partial charge is 0.325 e. The number of hydrogen-bond acceptors (Lipinski definition) is 5. The van der Waals surface area contributed by atoms with Crippen molar-refractivity contribution >= 4 is 33.2 Å². The van der Waals surface area contributed by atoms with E-state index < -0.39 is 15.9 Å². The molecule has 5 nitrogen and oxygen atoms in total. The molecule has 1 amide bonds. The van der Waals surface area contributed by atoms with Crippen LogP contribution in [0.1, 0.15) is 17.5 Å². The topological polar surface area (TPSA) is 89.3 Å². The van der Waals surface area contributed by atoms with Crippen molar-refractivity contribution in [3.05, 3.63) is 53.6 Å². The average Bonchev–Trinajstić information content (AvgIpc) is 2.56. The molecule has 1 atom stereocenters. The summed E-state index contributed by atoms with van der Waals surface area (Å²) in [4.78, 5) is 14.3. The molecule has 0 aliphatic rings. The Morgan fingerprint density at radius 3 is 2.38 bits per heavy atom. The van der Waals surface area contributed by atoms with Crippen molar-refractivity contribution in [3.8, 4) is 0 Å². The molecule has 0 fully saturated rings. The van der Waals surface area contributed by atoms with Crippen LogP contribution < -0.4 is 11.1 Å². The monoisotopic (exact) mass is 392 g/mol. The van der Waals surface area contributed by atoms with Crippen LogP contribution in [0.15, 0.2) is 52.3 Å². The van der Waals surface area contributed by atoms with Gasteiger partial charge in [0.2, 0.25) is 5.91 Å². The van der Waals surface area contributed by atoms with Gasteiger partial charge in [0.15, 0.2) is 0 Å². The molecule has 2 aromatic carbocycles. The van der Waals surface area contributed by atoms with Crippen LogP contribution >= 0.6 is 11.8 Å². The van der Waals surface area contributed by atoms with Gasteiger partial charge in [0.25, 0.3) is 0 Å². The van der Waals surface area contributed by atoms with E-state index in [0.717, 1.165) is 11.2 Å². The van der Waals surface area contributed by atoms with E-state index in [2.05, 4.69) is 37.4 Å². The quantitative estimate of drug-likeness (QED) is 0.755. The highest BCUT2D eigenvalue weighted by Crippen LogP contribution is 2.31. The van der Waals surface area contributed by atoms with Crippen molar-refractivity contribution in [3.63, 3.8) is 0 Å². The fourth-order valence-corrected chi connectivity index (χ4v) is 3.92. The third kappa shape index (κ3) is 6.48. The molecule has 0 heterocycles. The highest BCUT2D eigenvalue weighted by molar-refractivity contribution is 7.99. The van der Waals surface area contributed by atoms with Gasteiger partial charge in [0.05, 0.1) is 11.8 Å². The maximum atomic E-state index is 12.0. The summed E-state index contributed by atoms with van der Waals surface area (Å²) in [6.07, 6.45) is 1.23. The number of nitrogens with two attached hydrogens (primary N) is 1. The van der Waals surface area contributed by atoms with E-state index in [4.69, 9.17) is 5.73 Å². The number of hydrogen-bond donors (Lipinski definition) is 2. The van der Waals surface area contributed by atoms with Gasteiger partial charge >= 0.3 is 0 Å². The van der Waals surface area contributed by atoms with Gasteiger partial charge in [-0.25, -0.2) is 8.42 Å². The van der Waals surface area contributed by atoms with Crippen LogP contribution in [0.3, 0.4) is 0 Å². The normalized spacial score (nSPS) is 12.6. The van der Waals surface area contributed by atoms with Gasteiger partial charge in [-0.2, -0.15) is 0 Å². The zero-order valence-corrected chi connectivity index (χ0v) is 16.8. The lowest BCUT2D eigenvalue weighted by Crippen LogP contribution is -2.37. The van der Waals surface area contributed by atoms with Crippen molar-refractivity contribution in [2.75, 3.05) is 17.3 Å². The van der Waals surface area contributed by atoms with Gasteiger partial charge in [0, 0.05) is 21.7 Å². The van der Waals surface area contributed by atoms with Crippen LogP contribution in [0.4, 0.5) is 5.69 Å². The molecule has 1 unspecified atom stereocenters. The van der Waals surface area contributed by atoms with Crippen LogP contribution in [0, 0.1) is 13.8 Å². The van der Waals surface area contributed by atoms with Crippen molar-refractivity contribution in [1.29, 1.82) is 0 Å². The SMILES string of the molecule is Cc1ccc(Sc2ccc(NC(=O)C(N)CCS(C)(=O)=O)cc2)c(C)c1. The predicted molar refractivity (Wildman–Crippen MR) is 107 cm³/mol. The summed E-state index contributed by atoms with van der Waals surface area (Å²) in [6.45, 7) is 4.15. The van der Waals surface area contributed by atoms with Crippen molar-refractivity contribution in [1.82, 2.24) is 0 Å². The van der Waals surface area contributed by atoms with Gasteiger partial charge in [-0.1, -0.05) is 29.5 Å². The number of sulfone groups is 1. The van der Waals surface area contributed by atoms with Crippen molar-refractivity contribution in [2.24, 2.45) is 5.73 Å². The molecular weight excluding hydrogens is 368 g/mol. The van der Waals surface area contributed by atoms with E-state index >= 15 is 0 Å². The minimum Gasteiger partial charge on any atom is -0.325 e. The van der Waals surface area contributed by atoms with Crippen LogP contribution in [0.5, 0.6) is 0 Å². The van der Waals surface area contributed by atoms with Crippen LogP contribution in [0.2, 0.25) is 0 Å². The standard InChI is InChI=1S/C19H24N2O3S2/c1-13-4-9-18(14(2)12-13)25-16-7-5-15(6-8-16)21-19(22)17(20)10-11-26(3,23)24/h4-9,12,17H,10-11,20H2,1-3H3,(H,21,22). The molecular formula is C19H24N2O3S2. The second-order valence-electron chi connectivity index (χ2n) is 6.41. The molecule has 2 aromatic rings. The van der Waals surface area contributed by atoms with E-state index in [1.807, 2.05) is 24.3 Å². The first-order valence-electron chi connectivity index (χ1n) is 8.23. The summed E-state index contributed by atoms with van der Waals surface area (Å²) in [5, 5.41) is 2.72. The highest BCUT2D eigenvalue weighted by atomic mass is 32.2. The number of nitrogens with one attached hydrogen (secondary N) is 1. The molecule has 0 aromatic heterocycles. The number of aryl methyl sites for hydroxylation is 2. The lowest BCUT2D eigenvalue weighted by atomic mass is 10.2. The fourth-order valence-electron chi connectivity index (χ4n) is 2.35. The summed E-state index contributed by atoms with van der Waals surface area (Å²) in [6, 6.07) is 13.0. The molecule has 0 bridgehead atoms. The van der Waals surface area contributed by atoms with Gasteiger partial charge < -0.3 is 11.1 Å². The summed E-state index contributed by atoms with van der Waals surface area (Å²) in [5.74, 6) is -0.490. The third-order valence-electron chi connectivity index (χ3n) is 3.82. The smallest absolute Gasteiger partial charge is 0.241 e. The number of carbonyl (C=O) groups is 1. The Balaban J connectivity index is 1.95. The highest BCUT2D eigenvalue weighted by Gasteiger charge is 2.16. The van der Waals surface area contributed by atoms with Gasteiger partial charge in [0.1, 0.15) is 9.84 Å². The molecule has 0 spiro atoms. The number of anilines is 1. The molecule has 26 heavy (non-hydrogen) atoms. The van der Waals surface area contributed by atoms with Gasteiger partial charge in [-0.05, 0) is 56.2 Å². The maximum absolute atomic E-state index is 12.0. The lowest BCUT2D eigenvalue weighted by molar-refractivity contribution is -0.117. The Bertz CT molecular complexity index is 878. The molecule has 140 valence electrons. The minimum absolute atomic E-state index is 0.102. The maximum Gasteiger partial charge on any atom is 0.241 e.